The van der Waals surface area contributed by atoms with Crippen LogP contribution in [0, 0.1) is 9.39 Å². The molecule has 0 unspecified atom stereocenters. The number of halogens is 2. The highest BCUT2D eigenvalue weighted by molar-refractivity contribution is 14.1. The van der Waals surface area contributed by atoms with Gasteiger partial charge in [-0.05, 0) is 53.6 Å². The minimum atomic E-state index is -0.916. The maximum absolute atomic E-state index is 13.0. The molecule has 20 heavy (non-hydrogen) atoms. The average molecular weight is 391 g/mol. The highest BCUT2D eigenvalue weighted by Gasteiger charge is 2.37. The van der Waals surface area contributed by atoms with Gasteiger partial charge in [0.05, 0.1) is 17.5 Å². The van der Waals surface area contributed by atoms with Gasteiger partial charge in [-0.3, -0.25) is 9.59 Å². The molecule has 0 radical (unpaired) electrons. The third kappa shape index (κ3) is 3.47. The third-order valence-corrected chi connectivity index (χ3v) is 4.50. The van der Waals surface area contributed by atoms with Crippen molar-refractivity contribution >= 4 is 34.5 Å². The highest BCUT2D eigenvalue weighted by Crippen LogP contribution is 2.33. The van der Waals surface area contributed by atoms with E-state index in [1.54, 1.807) is 0 Å². The second-order valence-corrected chi connectivity index (χ2v) is 6.30. The van der Waals surface area contributed by atoms with E-state index in [2.05, 4.69) is 5.32 Å². The van der Waals surface area contributed by atoms with Crippen LogP contribution < -0.4 is 5.32 Å². The van der Waals surface area contributed by atoms with E-state index in [9.17, 15) is 14.0 Å². The number of carboxylic acids is 1. The van der Waals surface area contributed by atoms with Crippen LogP contribution in [0.2, 0.25) is 0 Å². The van der Waals surface area contributed by atoms with Crippen LogP contribution in [0.5, 0.6) is 0 Å². The molecule has 1 aliphatic carbocycles. The van der Waals surface area contributed by atoms with Gasteiger partial charge in [0.2, 0.25) is 0 Å². The minimum Gasteiger partial charge on any atom is -0.481 e. The van der Waals surface area contributed by atoms with E-state index in [0.29, 0.717) is 22.0 Å². The Kier molecular flexibility index (Phi) is 4.62. The largest absolute Gasteiger partial charge is 0.481 e. The molecule has 6 heteroatoms. The number of hydrogen-bond acceptors (Lipinski definition) is 2. The standard InChI is InChI=1S/C14H15FINO3/c15-9-3-4-10(11(16)7-9)13(20)17-14(8-12(18)19)5-1-2-6-14/h3-4,7H,1-2,5-6,8H2,(H,17,20)(H,18,19). The van der Waals surface area contributed by atoms with Gasteiger partial charge in [-0.15, -0.1) is 0 Å². The van der Waals surface area contributed by atoms with Crippen LogP contribution in [0.3, 0.4) is 0 Å². The number of rotatable bonds is 4. The normalized spacial score (nSPS) is 16.9. The van der Waals surface area contributed by atoms with Crippen LogP contribution in [0.4, 0.5) is 4.39 Å². The minimum absolute atomic E-state index is 0.0729. The van der Waals surface area contributed by atoms with Crippen molar-refractivity contribution in [2.45, 2.75) is 37.6 Å². The first-order valence-electron chi connectivity index (χ1n) is 6.41. The lowest BCUT2D eigenvalue weighted by Crippen LogP contribution is -2.48. The number of carboxylic acid groups (broad SMARTS) is 1. The van der Waals surface area contributed by atoms with Crippen molar-refractivity contribution in [3.63, 3.8) is 0 Å². The van der Waals surface area contributed by atoms with E-state index < -0.39 is 17.3 Å². The third-order valence-electron chi connectivity index (χ3n) is 3.60. The fraction of sp³-hybridized carbons (Fsp3) is 0.429. The lowest BCUT2D eigenvalue weighted by Gasteiger charge is -2.28. The molecule has 0 aliphatic heterocycles. The Morgan fingerprint density at radius 3 is 2.55 bits per heavy atom. The van der Waals surface area contributed by atoms with Crippen molar-refractivity contribution in [1.82, 2.24) is 5.32 Å². The number of carbonyl (C=O) groups excluding carboxylic acids is 1. The Labute approximate surface area is 129 Å². The van der Waals surface area contributed by atoms with Crippen LogP contribution in [0.1, 0.15) is 42.5 Å². The molecule has 1 saturated carbocycles. The first-order chi connectivity index (χ1) is 9.42. The van der Waals surface area contributed by atoms with Gasteiger partial charge in [-0.25, -0.2) is 4.39 Å². The topological polar surface area (TPSA) is 66.4 Å². The van der Waals surface area contributed by atoms with E-state index >= 15 is 0 Å². The summed E-state index contributed by atoms with van der Waals surface area (Å²) in [5, 5.41) is 11.9. The number of benzene rings is 1. The van der Waals surface area contributed by atoms with Crippen molar-refractivity contribution in [3.05, 3.63) is 33.1 Å². The van der Waals surface area contributed by atoms with Crippen molar-refractivity contribution in [2.24, 2.45) is 0 Å². The second-order valence-electron chi connectivity index (χ2n) is 5.14. The van der Waals surface area contributed by atoms with Crippen molar-refractivity contribution in [1.29, 1.82) is 0 Å². The van der Waals surface area contributed by atoms with Gasteiger partial charge in [0.15, 0.2) is 0 Å². The molecule has 0 bridgehead atoms. The molecule has 1 aliphatic rings. The van der Waals surface area contributed by atoms with Gasteiger partial charge in [0.25, 0.3) is 5.91 Å². The van der Waals surface area contributed by atoms with Crippen molar-refractivity contribution in [2.75, 3.05) is 0 Å². The summed E-state index contributed by atoms with van der Waals surface area (Å²) in [6.45, 7) is 0. The molecule has 0 spiro atoms. The molecule has 4 nitrogen and oxygen atoms in total. The van der Waals surface area contributed by atoms with Crippen LogP contribution in [-0.2, 0) is 4.79 Å². The monoisotopic (exact) mass is 391 g/mol. The number of hydrogen-bond donors (Lipinski definition) is 2. The van der Waals surface area contributed by atoms with Gasteiger partial charge in [0.1, 0.15) is 5.82 Å². The lowest BCUT2D eigenvalue weighted by atomic mass is 9.92. The predicted molar refractivity (Wildman–Crippen MR) is 80.0 cm³/mol. The molecular weight excluding hydrogens is 376 g/mol. The summed E-state index contributed by atoms with van der Waals surface area (Å²) < 4.78 is 13.6. The first-order valence-corrected chi connectivity index (χ1v) is 7.49. The molecular formula is C14H15FINO3. The maximum Gasteiger partial charge on any atom is 0.305 e. The molecule has 1 aromatic carbocycles. The SMILES string of the molecule is O=C(O)CC1(NC(=O)c2ccc(F)cc2I)CCCC1. The summed E-state index contributed by atoms with van der Waals surface area (Å²) in [7, 11) is 0. The summed E-state index contributed by atoms with van der Waals surface area (Å²) in [6, 6.07) is 3.94. The van der Waals surface area contributed by atoms with Gasteiger partial charge in [-0.1, -0.05) is 12.8 Å². The van der Waals surface area contributed by atoms with Crippen molar-refractivity contribution < 1.29 is 19.1 Å². The van der Waals surface area contributed by atoms with Gasteiger partial charge >= 0.3 is 5.97 Å². The number of amides is 1. The van der Waals surface area contributed by atoms with Gasteiger partial charge in [-0.2, -0.15) is 0 Å². The fourth-order valence-electron chi connectivity index (χ4n) is 2.67. The van der Waals surface area contributed by atoms with E-state index in [4.69, 9.17) is 5.11 Å². The summed E-state index contributed by atoms with van der Waals surface area (Å²) in [4.78, 5) is 23.3. The molecule has 2 rings (SSSR count). The smallest absolute Gasteiger partial charge is 0.305 e. The van der Waals surface area contributed by atoms with Crippen molar-refractivity contribution in [3.8, 4) is 0 Å². The highest BCUT2D eigenvalue weighted by atomic mass is 127. The molecule has 108 valence electrons. The van der Waals surface area contributed by atoms with E-state index in [0.717, 1.165) is 12.8 Å². The summed E-state index contributed by atoms with van der Waals surface area (Å²) in [5.41, 5.74) is -0.288. The molecule has 0 saturated heterocycles. The average Bonchev–Trinajstić information content (AvgIpc) is 2.75. The Morgan fingerprint density at radius 1 is 1.35 bits per heavy atom. The molecule has 1 amide bonds. The van der Waals surface area contributed by atoms with E-state index in [1.165, 1.54) is 18.2 Å². The van der Waals surface area contributed by atoms with E-state index in [1.807, 2.05) is 22.6 Å². The number of nitrogens with one attached hydrogen (secondary N) is 1. The van der Waals surface area contributed by atoms with Crippen LogP contribution in [0.15, 0.2) is 18.2 Å². The van der Waals surface area contributed by atoms with E-state index in [-0.39, 0.29) is 12.3 Å². The quantitative estimate of drug-likeness (QED) is 0.776. The molecule has 1 fully saturated rings. The maximum atomic E-state index is 13.0. The Bertz CT molecular complexity index is 541. The second kappa shape index (κ2) is 6.07. The van der Waals surface area contributed by atoms with Crippen LogP contribution in [0.25, 0.3) is 0 Å². The summed E-state index contributed by atoms with van der Waals surface area (Å²) >= 11 is 1.90. The van der Waals surface area contributed by atoms with Crippen LogP contribution in [-0.4, -0.2) is 22.5 Å². The van der Waals surface area contributed by atoms with Gasteiger partial charge < -0.3 is 10.4 Å². The molecule has 0 atom stereocenters. The first kappa shape index (κ1) is 15.2. The lowest BCUT2D eigenvalue weighted by molar-refractivity contribution is -0.138. The molecule has 2 N–H and O–H groups in total. The summed E-state index contributed by atoms with van der Waals surface area (Å²) in [5.74, 6) is -1.65. The number of carbonyl (C=O) groups is 2. The number of aliphatic carboxylic acids is 1. The Hall–Kier alpha value is -1.18. The zero-order valence-electron chi connectivity index (χ0n) is 10.8. The van der Waals surface area contributed by atoms with Gasteiger partial charge in [0, 0.05) is 3.57 Å². The zero-order chi connectivity index (χ0) is 14.8. The summed E-state index contributed by atoms with van der Waals surface area (Å²) in [6.07, 6.45) is 3.09. The van der Waals surface area contributed by atoms with Crippen LogP contribution >= 0.6 is 22.6 Å². The molecule has 0 aromatic heterocycles. The fourth-order valence-corrected chi connectivity index (χ4v) is 3.39. The Morgan fingerprint density at radius 2 is 2.00 bits per heavy atom. The molecule has 0 heterocycles. The predicted octanol–water partition coefficient (Wildman–Crippen LogP) is 2.95. The molecule has 1 aromatic rings. The Balaban J connectivity index is 2.18. The zero-order valence-corrected chi connectivity index (χ0v) is 12.9.